The number of aryl methyl sites for hydroxylation is 1. The van der Waals surface area contributed by atoms with Gasteiger partial charge >= 0.3 is 5.97 Å². The molecule has 2 N–H and O–H groups in total. The predicted molar refractivity (Wildman–Crippen MR) is 81.4 cm³/mol. The molecule has 6 nitrogen and oxygen atoms in total. The van der Waals surface area contributed by atoms with Gasteiger partial charge in [-0.15, -0.1) is 0 Å². The average molecular weight is 301 g/mol. The maximum Gasteiger partial charge on any atom is 0.328 e. The zero-order valence-electron chi connectivity index (χ0n) is 12.6. The maximum absolute atomic E-state index is 12.3. The molecule has 0 radical (unpaired) electrons. The van der Waals surface area contributed by atoms with E-state index in [1.54, 1.807) is 13.8 Å². The number of amides is 1. The standard InChI is InChI=1S/C16H19N3O3/c1-3-22-16(21)14(9-12-7-5-4-6-8-12)18-15(20)13-10-17-19-11(13)2/h4-8,10,14H,3,9H2,1-2H3,(H,17,19)(H,18,20)/t14-/m1/s1. The smallest absolute Gasteiger partial charge is 0.328 e. The number of aromatic nitrogens is 2. The van der Waals surface area contributed by atoms with Crippen molar-refractivity contribution in [2.75, 3.05) is 6.61 Å². The molecule has 0 aliphatic carbocycles. The lowest BCUT2D eigenvalue weighted by molar-refractivity contribution is -0.145. The Balaban J connectivity index is 2.12. The minimum Gasteiger partial charge on any atom is -0.464 e. The van der Waals surface area contributed by atoms with E-state index in [4.69, 9.17) is 4.74 Å². The number of carbonyl (C=O) groups excluding carboxylic acids is 2. The normalized spacial score (nSPS) is 11.7. The lowest BCUT2D eigenvalue weighted by atomic mass is 10.1. The third-order valence-electron chi connectivity index (χ3n) is 3.23. The van der Waals surface area contributed by atoms with Crippen LogP contribution in [0, 0.1) is 6.92 Å². The summed E-state index contributed by atoms with van der Waals surface area (Å²) in [6.45, 7) is 3.75. The van der Waals surface area contributed by atoms with Crippen molar-refractivity contribution in [1.29, 1.82) is 0 Å². The number of ether oxygens (including phenoxy) is 1. The fourth-order valence-electron chi connectivity index (χ4n) is 2.10. The Hall–Kier alpha value is -2.63. The highest BCUT2D eigenvalue weighted by molar-refractivity contribution is 5.97. The lowest BCUT2D eigenvalue weighted by Gasteiger charge is -2.17. The van der Waals surface area contributed by atoms with E-state index in [0.29, 0.717) is 17.7 Å². The van der Waals surface area contributed by atoms with Crippen LogP contribution in [0.25, 0.3) is 0 Å². The molecule has 0 saturated carbocycles. The summed E-state index contributed by atoms with van der Waals surface area (Å²) in [5.74, 6) is -0.791. The number of H-pyrrole nitrogens is 1. The van der Waals surface area contributed by atoms with Crippen molar-refractivity contribution in [3.63, 3.8) is 0 Å². The van der Waals surface area contributed by atoms with Crippen LogP contribution in [0.15, 0.2) is 36.5 Å². The van der Waals surface area contributed by atoms with Crippen LogP contribution in [0.1, 0.15) is 28.5 Å². The maximum atomic E-state index is 12.3. The van der Waals surface area contributed by atoms with Gasteiger partial charge in [-0.3, -0.25) is 9.89 Å². The van der Waals surface area contributed by atoms with Gasteiger partial charge in [0.1, 0.15) is 6.04 Å². The van der Waals surface area contributed by atoms with Gasteiger partial charge in [-0.2, -0.15) is 5.10 Å². The van der Waals surface area contributed by atoms with E-state index in [1.807, 2.05) is 30.3 Å². The number of hydrogen-bond donors (Lipinski definition) is 2. The van der Waals surface area contributed by atoms with Crippen LogP contribution in [-0.2, 0) is 16.0 Å². The molecule has 0 aliphatic rings. The molecule has 22 heavy (non-hydrogen) atoms. The van der Waals surface area contributed by atoms with Crippen LogP contribution < -0.4 is 5.32 Å². The van der Waals surface area contributed by atoms with Crippen LogP contribution in [0.3, 0.4) is 0 Å². The Bertz CT molecular complexity index is 637. The second-order valence-corrected chi connectivity index (χ2v) is 4.88. The Labute approximate surface area is 128 Å². The largest absolute Gasteiger partial charge is 0.464 e. The summed E-state index contributed by atoms with van der Waals surface area (Å²) in [6.07, 6.45) is 1.82. The summed E-state index contributed by atoms with van der Waals surface area (Å²) in [6, 6.07) is 8.75. The highest BCUT2D eigenvalue weighted by Crippen LogP contribution is 2.08. The van der Waals surface area contributed by atoms with Crippen molar-refractivity contribution >= 4 is 11.9 Å². The first-order valence-electron chi connectivity index (χ1n) is 7.13. The molecule has 0 spiro atoms. The minimum atomic E-state index is -0.732. The summed E-state index contributed by atoms with van der Waals surface area (Å²) in [5, 5.41) is 9.23. The molecular formula is C16H19N3O3. The molecule has 2 aromatic rings. The third-order valence-corrected chi connectivity index (χ3v) is 3.23. The molecule has 1 amide bonds. The molecular weight excluding hydrogens is 282 g/mol. The monoisotopic (exact) mass is 301 g/mol. The van der Waals surface area contributed by atoms with Gasteiger partial charge in [0.2, 0.25) is 0 Å². The summed E-state index contributed by atoms with van der Waals surface area (Å²) in [5.41, 5.74) is 2.02. The zero-order chi connectivity index (χ0) is 15.9. The van der Waals surface area contributed by atoms with Gasteiger partial charge in [-0.1, -0.05) is 30.3 Å². The number of esters is 1. The quantitative estimate of drug-likeness (QED) is 0.794. The van der Waals surface area contributed by atoms with Crippen LogP contribution in [-0.4, -0.2) is 34.7 Å². The molecule has 0 saturated heterocycles. The number of nitrogens with one attached hydrogen (secondary N) is 2. The van der Waals surface area contributed by atoms with E-state index >= 15 is 0 Å². The molecule has 2 rings (SSSR count). The van der Waals surface area contributed by atoms with E-state index < -0.39 is 12.0 Å². The van der Waals surface area contributed by atoms with Crippen molar-refractivity contribution in [3.8, 4) is 0 Å². The number of aromatic amines is 1. The molecule has 1 aromatic carbocycles. The van der Waals surface area contributed by atoms with Crippen LogP contribution in [0.5, 0.6) is 0 Å². The summed E-state index contributed by atoms with van der Waals surface area (Å²) in [7, 11) is 0. The molecule has 1 atom stereocenters. The van der Waals surface area contributed by atoms with Crippen molar-refractivity contribution in [1.82, 2.24) is 15.5 Å². The van der Waals surface area contributed by atoms with Crippen LogP contribution in [0.2, 0.25) is 0 Å². The van der Waals surface area contributed by atoms with Gasteiger partial charge in [-0.25, -0.2) is 4.79 Å². The Morgan fingerprint density at radius 1 is 1.32 bits per heavy atom. The molecule has 0 unspecified atom stereocenters. The fraction of sp³-hybridized carbons (Fsp3) is 0.312. The van der Waals surface area contributed by atoms with Gasteiger partial charge in [0, 0.05) is 12.1 Å². The molecule has 6 heteroatoms. The number of rotatable bonds is 6. The first-order chi connectivity index (χ1) is 10.6. The Morgan fingerprint density at radius 3 is 2.64 bits per heavy atom. The molecule has 0 aliphatic heterocycles. The predicted octanol–water partition coefficient (Wildman–Crippen LogP) is 1.62. The van der Waals surface area contributed by atoms with Gasteiger partial charge in [-0.05, 0) is 19.4 Å². The zero-order valence-corrected chi connectivity index (χ0v) is 12.6. The van der Waals surface area contributed by atoms with Crippen molar-refractivity contribution in [3.05, 3.63) is 53.3 Å². The highest BCUT2D eigenvalue weighted by atomic mass is 16.5. The topological polar surface area (TPSA) is 84.1 Å². The first kappa shape index (κ1) is 15.8. The van der Waals surface area contributed by atoms with Crippen molar-refractivity contribution < 1.29 is 14.3 Å². The van der Waals surface area contributed by atoms with E-state index in [-0.39, 0.29) is 12.5 Å². The molecule has 0 fully saturated rings. The molecule has 1 heterocycles. The van der Waals surface area contributed by atoms with E-state index in [1.165, 1.54) is 6.20 Å². The minimum absolute atomic E-state index is 0.269. The number of carbonyl (C=O) groups is 2. The number of benzene rings is 1. The molecule has 1 aromatic heterocycles. The van der Waals surface area contributed by atoms with Crippen LogP contribution in [0.4, 0.5) is 0 Å². The molecule has 116 valence electrons. The summed E-state index contributed by atoms with van der Waals surface area (Å²) < 4.78 is 5.05. The van der Waals surface area contributed by atoms with E-state index in [2.05, 4.69) is 15.5 Å². The third kappa shape index (κ3) is 3.94. The van der Waals surface area contributed by atoms with E-state index in [0.717, 1.165) is 5.56 Å². The second-order valence-electron chi connectivity index (χ2n) is 4.88. The average Bonchev–Trinajstić information content (AvgIpc) is 2.94. The Morgan fingerprint density at radius 2 is 2.05 bits per heavy atom. The van der Waals surface area contributed by atoms with Gasteiger partial charge in [0.15, 0.2) is 0 Å². The Kier molecular flexibility index (Phi) is 5.30. The summed E-state index contributed by atoms with van der Waals surface area (Å²) >= 11 is 0. The lowest BCUT2D eigenvalue weighted by Crippen LogP contribution is -2.43. The van der Waals surface area contributed by atoms with Crippen LogP contribution >= 0.6 is 0 Å². The SMILES string of the molecule is CCOC(=O)[C@@H](Cc1ccccc1)NC(=O)c1cn[nH]c1C. The highest BCUT2D eigenvalue weighted by Gasteiger charge is 2.24. The van der Waals surface area contributed by atoms with Crippen molar-refractivity contribution in [2.24, 2.45) is 0 Å². The second kappa shape index (κ2) is 7.40. The number of nitrogens with zero attached hydrogens (tertiary/aromatic N) is 1. The fourth-order valence-corrected chi connectivity index (χ4v) is 2.10. The van der Waals surface area contributed by atoms with Gasteiger partial charge in [0.25, 0.3) is 5.91 Å². The van der Waals surface area contributed by atoms with Crippen molar-refractivity contribution in [2.45, 2.75) is 26.3 Å². The van der Waals surface area contributed by atoms with Gasteiger partial charge in [0.05, 0.1) is 18.4 Å². The number of hydrogen-bond acceptors (Lipinski definition) is 4. The molecule has 0 bridgehead atoms. The first-order valence-corrected chi connectivity index (χ1v) is 7.13. The van der Waals surface area contributed by atoms with Gasteiger partial charge < -0.3 is 10.1 Å². The summed E-state index contributed by atoms with van der Waals surface area (Å²) in [4.78, 5) is 24.3. The van der Waals surface area contributed by atoms with E-state index in [9.17, 15) is 9.59 Å².